The molecule has 2 aromatic carbocycles. The molecule has 0 aromatic heterocycles. The Morgan fingerprint density at radius 2 is 0.720 bits per heavy atom. The maximum absolute atomic E-state index is 11.9. The summed E-state index contributed by atoms with van der Waals surface area (Å²) in [4.78, 5) is 23.6. The first-order chi connectivity index (χ1) is 24.3. The van der Waals surface area contributed by atoms with Crippen molar-refractivity contribution >= 4 is 34.7 Å². The van der Waals surface area contributed by atoms with Crippen LogP contribution in [0.1, 0.15) is 166 Å². The number of benzene rings is 2. The fourth-order valence-electron chi connectivity index (χ4n) is 5.87. The SMILES string of the molecule is CCCCCCCCCCCCCCCCCCOC(=O)Cc1ccc(N)cc1N.CCCCCCCCOC(=O)Cc1ccc(N)cc1N. The van der Waals surface area contributed by atoms with Crippen molar-refractivity contribution in [3.63, 3.8) is 0 Å². The van der Waals surface area contributed by atoms with E-state index in [9.17, 15) is 9.59 Å². The molecule has 50 heavy (non-hydrogen) atoms. The van der Waals surface area contributed by atoms with Crippen molar-refractivity contribution in [2.45, 2.75) is 168 Å². The molecule has 0 aliphatic heterocycles. The fourth-order valence-corrected chi connectivity index (χ4v) is 5.87. The van der Waals surface area contributed by atoms with Crippen LogP contribution in [-0.4, -0.2) is 25.2 Å². The Hall–Kier alpha value is -3.42. The lowest BCUT2D eigenvalue weighted by molar-refractivity contribution is -0.143. The molecule has 0 radical (unpaired) electrons. The number of ether oxygens (including phenoxy) is 2. The highest BCUT2D eigenvalue weighted by atomic mass is 16.5. The molecule has 0 saturated heterocycles. The van der Waals surface area contributed by atoms with Crippen LogP contribution in [0.2, 0.25) is 0 Å². The minimum Gasteiger partial charge on any atom is -0.465 e. The van der Waals surface area contributed by atoms with Gasteiger partial charge < -0.3 is 32.4 Å². The topological polar surface area (TPSA) is 157 Å². The summed E-state index contributed by atoms with van der Waals surface area (Å²) in [5.41, 5.74) is 26.8. The van der Waals surface area contributed by atoms with Crippen molar-refractivity contribution < 1.29 is 19.1 Å². The van der Waals surface area contributed by atoms with Crippen molar-refractivity contribution in [3.05, 3.63) is 47.5 Å². The monoisotopic (exact) mass is 697 g/mol. The highest BCUT2D eigenvalue weighted by molar-refractivity contribution is 5.76. The molecule has 0 saturated carbocycles. The van der Waals surface area contributed by atoms with E-state index in [0.717, 1.165) is 36.8 Å². The molecule has 0 spiro atoms. The number of hydrogen-bond donors (Lipinski definition) is 4. The van der Waals surface area contributed by atoms with Gasteiger partial charge in [0, 0.05) is 22.7 Å². The van der Waals surface area contributed by atoms with Crippen LogP contribution in [0, 0.1) is 0 Å². The highest BCUT2D eigenvalue weighted by Gasteiger charge is 2.09. The fraction of sp³-hybridized carbons (Fsp3) is 0.667. The van der Waals surface area contributed by atoms with Crippen molar-refractivity contribution in [3.8, 4) is 0 Å². The molecule has 0 aliphatic carbocycles. The molecule has 0 unspecified atom stereocenters. The Labute approximate surface area is 304 Å². The summed E-state index contributed by atoms with van der Waals surface area (Å²) in [6, 6.07) is 10.4. The zero-order valence-electron chi connectivity index (χ0n) is 31.8. The smallest absolute Gasteiger partial charge is 0.310 e. The molecular weight excluding hydrogens is 624 g/mol. The van der Waals surface area contributed by atoms with E-state index >= 15 is 0 Å². The van der Waals surface area contributed by atoms with E-state index in [0.29, 0.717) is 36.0 Å². The number of carbonyl (C=O) groups is 2. The molecule has 0 amide bonds. The van der Waals surface area contributed by atoms with Crippen LogP contribution >= 0.6 is 0 Å². The second-order valence-corrected chi connectivity index (χ2v) is 13.8. The number of anilines is 4. The molecular formula is C42H72N4O4. The largest absolute Gasteiger partial charge is 0.465 e. The predicted molar refractivity (Wildman–Crippen MR) is 213 cm³/mol. The molecule has 8 heteroatoms. The first-order valence-electron chi connectivity index (χ1n) is 19.9. The van der Waals surface area contributed by atoms with Gasteiger partial charge in [0.15, 0.2) is 0 Å². The van der Waals surface area contributed by atoms with E-state index in [1.54, 1.807) is 36.4 Å². The van der Waals surface area contributed by atoms with Crippen LogP contribution in [0.3, 0.4) is 0 Å². The lowest BCUT2D eigenvalue weighted by Gasteiger charge is -2.08. The normalized spacial score (nSPS) is 10.8. The van der Waals surface area contributed by atoms with Crippen molar-refractivity contribution in [2.75, 3.05) is 36.1 Å². The number of nitrogens with two attached hydrogens (primary N) is 4. The van der Waals surface area contributed by atoms with Crippen molar-refractivity contribution in [1.82, 2.24) is 0 Å². The maximum Gasteiger partial charge on any atom is 0.310 e. The molecule has 0 bridgehead atoms. The number of unbranched alkanes of at least 4 members (excludes halogenated alkanes) is 20. The van der Waals surface area contributed by atoms with Gasteiger partial charge in [-0.3, -0.25) is 9.59 Å². The molecule has 0 fully saturated rings. The van der Waals surface area contributed by atoms with Gasteiger partial charge in [0.05, 0.1) is 26.1 Å². The van der Waals surface area contributed by atoms with E-state index in [2.05, 4.69) is 13.8 Å². The van der Waals surface area contributed by atoms with Gasteiger partial charge in [-0.2, -0.15) is 0 Å². The first kappa shape index (κ1) is 44.6. The first-order valence-corrected chi connectivity index (χ1v) is 19.9. The summed E-state index contributed by atoms with van der Waals surface area (Å²) in [5.74, 6) is -0.442. The van der Waals surface area contributed by atoms with E-state index in [1.807, 2.05) is 0 Å². The zero-order valence-corrected chi connectivity index (χ0v) is 31.8. The molecule has 0 heterocycles. The van der Waals surface area contributed by atoms with Crippen molar-refractivity contribution in [2.24, 2.45) is 0 Å². The van der Waals surface area contributed by atoms with E-state index in [1.165, 1.54) is 116 Å². The molecule has 2 aromatic rings. The van der Waals surface area contributed by atoms with Gasteiger partial charge >= 0.3 is 11.9 Å². The second kappa shape index (κ2) is 30.4. The predicted octanol–water partition coefficient (Wildman–Crippen LogP) is 10.5. The van der Waals surface area contributed by atoms with Gasteiger partial charge in [-0.05, 0) is 48.2 Å². The summed E-state index contributed by atoms with van der Waals surface area (Å²) in [5, 5.41) is 0. The highest BCUT2D eigenvalue weighted by Crippen LogP contribution is 2.18. The number of esters is 2. The van der Waals surface area contributed by atoms with Gasteiger partial charge in [0.25, 0.3) is 0 Å². The third-order valence-corrected chi connectivity index (χ3v) is 9.03. The summed E-state index contributed by atoms with van der Waals surface area (Å²) < 4.78 is 10.5. The molecule has 0 atom stereocenters. The van der Waals surface area contributed by atoms with Gasteiger partial charge in [0.1, 0.15) is 0 Å². The quantitative estimate of drug-likeness (QED) is 0.0389. The molecule has 2 rings (SSSR count). The Kier molecular flexibility index (Phi) is 27.1. The van der Waals surface area contributed by atoms with E-state index < -0.39 is 0 Å². The van der Waals surface area contributed by atoms with Crippen LogP contribution in [0.4, 0.5) is 22.7 Å². The lowest BCUT2D eigenvalue weighted by Crippen LogP contribution is -2.10. The third kappa shape index (κ3) is 24.7. The molecule has 284 valence electrons. The molecule has 0 aliphatic rings. The third-order valence-electron chi connectivity index (χ3n) is 9.03. The summed E-state index contributed by atoms with van der Waals surface area (Å²) in [6.07, 6.45) is 29.0. The average Bonchev–Trinajstić information content (AvgIpc) is 3.08. The second-order valence-electron chi connectivity index (χ2n) is 13.8. The lowest BCUT2D eigenvalue weighted by atomic mass is 10.0. The zero-order chi connectivity index (χ0) is 36.7. The van der Waals surface area contributed by atoms with Crippen LogP contribution < -0.4 is 22.9 Å². The summed E-state index contributed by atoms with van der Waals surface area (Å²) in [6.45, 7) is 5.48. The minimum atomic E-state index is -0.227. The van der Waals surface area contributed by atoms with Gasteiger partial charge in [-0.15, -0.1) is 0 Å². The van der Waals surface area contributed by atoms with Crippen LogP contribution in [0.15, 0.2) is 36.4 Å². The van der Waals surface area contributed by atoms with Gasteiger partial charge in [0.2, 0.25) is 0 Å². The van der Waals surface area contributed by atoms with Crippen LogP contribution in [0.25, 0.3) is 0 Å². The number of carbonyl (C=O) groups excluding carboxylic acids is 2. The Bertz CT molecular complexity index is 1160. The Morgan fingerprint density at radius 1 is 0.440 bits per heavy atom. The average molecular weight is 697 g/mol. The van der Waals surface area contributed by atoms with E-state index in [4.69, 9.17) is 32.4 Å². The van der Waals surface area contributed by atoms with Crippen LogP contribution in [0.5, 0.6) is 0 Å². The minimum absolute atomic E-state index is 0.210. The Balaban J connectivity index is 0.000000542. The van der Waals surface area contributed by atoms with Gasteiger partial charge in [-0.1, -0.05) is 154 Å². The maximum atomic E-state index is 11.9. The standard InChI is InChI=1S/C26H46N2O2.C16H26N2O2/c1-2-3-4-5-6-7-8-9-10-11-12-13-14-15-16-17-20-30-26(29)21-23-18-19-24(27)22-25(23)28;1-2-3-4-5-6-7-10-20-16(19)11-13-8-9-14(17)12-15(13)18/h18-19,22H,2-17,20-21,27-28H2,1H3;8-9,12H,2-7,10-11,17-18H2,1H3. The van der Waals surface area contributed by atoms with Gasteiger partial charge in [-0.25, -0.2) is 0 Å². The van der Waals surface area contributed by atoms with E-state index in [-0.39, 0.29) is 24.8 Å². The molecule has 8 N–H and O–H groups in total. The van der Waals surface area contributed by atoms with Crippen molar-refractivity contribution in [1.29, 1.82) is 0 Å². The molecule has 8 nitrogen and oxygen atoms in total. The number of hydrogen-bond acceptors (Lipinski definition) is 8. The van der Waals surface area contributed by atoms with Crippen LogP contribution in [-0.2, 0) is 31.9 Å². The summed E-state index contributed by atoms with van der Waals surface area (Å²) in [7, 11) is 0. The Morgan fingerprint density at radius 3 is 1.00 bits per heavy atom. The number of nitrogen functional groups attached to an aromatic ring is 4. The summed E-state index contributed by atoms with van der Waals surface area (Å²) >= 11 is 0. The number of rotatable bonds is 28.